The Morgan fingerprint density at radius 1 is 1.30 bits per heavy atom. The topological polar surface area (TPSA) is 54.0 Å². The van der Waals surface area contributed by atoms with Crippen LogP contribution in [-0.2, 0) is 17.6 Å². The summed E-state index contributed by atoms with van der Waals surface area (Å²) in [6.45, 7) is 0.814. The number of aromatic nitrogens is 1. The van der Waals surface area contributed by atoms with Crippen molar-refractivity contribution in [2.45, 2.75) is 12.8 Å². The number of halogens is 1. The lowest BCUT2D eigenvalue weighted by molar-refractivity contribution is -0.115. The van der Waals surface area contributed by atoms with Gasteiger partial charge < -0.3 is 10.6 Å². The summed E-state index contributed by atoms with van der Waals surface area (Å²) < 4.78 is 0.971. The fourth-order valence-electron chi connectivity index (χ4n) is 2.25. The molecule has 1 aromatic heterocycles. The molecule has 0 saturated heterocycles. The first-order chi connectivity index (χ1) is 9.70. The zero-order chi connectivity index (χ0) is 13.9. The number of hydrogen-bond acceptors (Lipinski definition) is 3. The van der Waals surface area contributed by atoms with Gasteiger partial charge in [-0.2, -0.15) is 0 Å². The second-order valence-electron chi connectivity index (χ2n) is 4.75. The van der Waals surface area contributed by atoms with E-state index in [9.17, 15) is 4.79 Å². The number of amides is 1. The van der Waals surface area contributed by atoms with E-state index in [1.807, 2.05) is 18.2 Å². The van der Waals surface area contributed by atoms with Crippen LogP contribution in [0.3, 0.4) is 0 Å². The van der Waals surface area contributed by atoms with E-state index in [1.165, 1.54) is 5.56 Å². The lowest BCUT2D eigenvalue weighted by Gasteiger charge is -2.07. The molecule has 4 nitrogen and oxygen atoms in total. The minimum Gasteiger partial charge on any atom is -0.370 e. The number of pyridine rings is 1. The number of nitrogens with one attached hydrogen (secondary N) is 2. The van der Waals surface area contributed by atoms with Crippen molar-refractivity contribution < 1.29 is 4.79 Å². The van der Waals surface area contributed by atoms with Crippen molar-refractivity contribution in [2.75, 3.05) is 17.2 Å². The van der Waals surface area contributed by atoms with Crippen LogP contribution in [0, 0.1) is 0 Å². The van der Waals surface area contributed by atoms with Gasteiger partial charge in [-0.1, -0.05) is 12.1 Å². The van der Waals surface area contributed by atoms with Gasteiger partial charge in [0.15, 0.2) is 0 Å². The third-order valence-corrected chi connectivity index (χ3v) is 3.71. The Balaban J connectivity index is 1.58. The minimum atomic E-state index is 0.0781. The maximum atomic E-state index is 11.3. The van der Waals surface area contributed by atoms with E-state index in [0.717, 1.165) is 34.5 Å². The summed E-state index contributed by atoms with van der Waals surface area (Å²) in [6.07, 6.45) is 3.17. The summed E-state index contributed by atoms with van der Waals surface area (Å²) >= 11 is 3.36. The molecule has 0 aliphatic carbocycles. The van der Waals surface area contributed by atoms with Crippen molar-refractivity contribution in [3.8, 4) is 0 Å². The summed E-state index contributed by atoms with van der Waals surface area (Å²) in [4.78, 5) is 15.6. The van der Waals surface area contributed by atoms with Gasteiger partial charge in [-0.25, -0.2) is 4.98 Å². The highest BCUT2D eigenvalue weighted by atomic mass is 79.9. The first kappa shape index (κ1) is 13.1. The summed E-state index contributed by atoms with van der Waals surface area (Å²) in [6, 6.07) is 10.0. The fraction of sp³-hybridized carbons (Fsp3) is 0.200. The summed E-state index contributed by atoms with van der Waals surface area (Å²) in [7, 11) is 0. The first-order valence-electron chi connectivity index (χ1n) is 6.48. The second-order valence-corrected chi connectivity index (χ2v) is 5.67. The molecule has 2 N–H and O–H groups in total. The maximum Gasteiger partial charge on any atom is 0.228 e. The molecule has 0 radical (unpaired) electrons. The average Bonchev–Trinajstić information content (AvgIpc) is 2.80. The van der Waals surface area contributed by atoms with Crippen LogP contribution in [0.15, 0.2) is 41.0 Å². The molecular weight excluding hydrogens is 318 g/mol. The molecule has 0 atom stereocenters. The number of nitrogens with zero attached hydrogens (tertiary/aromatic N) is 1. The maximum absolute atomic E-state index is 11.3. The number of carbonyl (C=O) groups excluding carboxylic acids is 1. The van der Waals surface area contributed by atoms with Crippen molar-refractivity contribution >= 4 is 33.3 Å². The lowest BCUT2D eigenvalue weighted by atomic mass is 10.1. The van der Waals surface area contributed by atoms with Gasteiger partial charge in [0.25, 0.3) is 0 Å². The number of carbonyl (C=O) groups is 1. The quantitative estimate of drug-likeness (QED) is 0.905. The molecule has 1 aromatic carbocycles. The van der Waals surface area contributed by atoms with Crippen LogP contribution in [0.4, 0.5) is 11.5 Å². The van der Waals surface area contributed by atoms with Crippen LogP contribution >= 0.6 is 15.9 Å². The first-order valence-corrected chi connectivity index (χ1v) is 7.27. The summed E-state index contributed by atoms with van der Waals surface area (Å²) in [5.41, 5.74) is 3.26. The molecule has 20 heavy (non-hydrogen) atoms. The van der Waals surface area contributed by atoms with Crippen molar-refractivity contribution in [3.63, 3.8) is 0 Å². The lowest BCUT2D eigenvalue weighted by Crippen LogP contribution is -2.06. The fourth-order valence-corrected chi connectivity index (χ4v) is 2.49. The SMILES string of the molecule is O=C1Cc2cc(CCNc3ccc(Br)cn3)ccc2N1. The van der Waals surface area contributed by atoms with Gasteiger partial charge >= 0.3 is 0 Å². The Hall–Kier alpha value is -1.88. The number of rotatable bonds is 4. The van der Waals surface area contributed by atoms with Gasteiger partial charge in [-0.3, -0.25) is 4.79 Å². The van der Waals surface area contributed by atoms with E-state index in [4.69, 9.17) is 0 Å². The average molecular weight is 332 g/mol. The van der Waals surface area contributed by atoms with Crippen molar-refractivity contribution in [3.05, 3.63) is 52.1 Å². The molecule has 1 amide bonds. The van der Waals surface area contributed by atoms with Crippen molar-refractivity contribution in [1.82, 2.24) is 4.98 Å². The highest BCUT2D eigenvalue weighted by molar-refractivity contribution is 9.10. The zero-order valence-corrected chi connectivity index (χ0v) is 12.4. The predicted molar refractivity (Wildman–Crippen MR) is 82.9 cm³/mol. The largest absolute Gasteiger partial charge is 0.370 e. The Labute approximate surface area is 125 Å². The van der Waals surface area contributed by atoms with E-state index in [-0.39, 0.29) is 5.91 Å². The minimum absolute atomic E-state index is 0.0781. The number of fused-ring (bicyclic) bond motifs is 1. The van der Waals surface area contributed by atoms with E-state index < -0.39 is 0 Å². The molecule has 1 aliphatic heterocycles. The monoisotopic (exact) mass is 331 g/mol. The van der Waals surface area contributed by atoms with Gasteiger partial charge in [0, 0.05) is 22.9 Å². The third-order valence-electron chi connectivity index (χ3n) is 3.24. The van der Waals surface area contributed by atoms with Crippen LogP contribution in [0.1, 0.15) is 11.1 Å². The molecule has 5 heteroatoms. The number of benzene rings is 1. The van der Waals surface area contributed by atoms with Crippen LogP contribution < -0.4 is 10.6 Å². The summed E-state index contributed by atoms with van der Waals surface area (Å²) in [5, 5.41) is 6.13. The Morgan fingerprint density at radius 2 is 2.20 bits per heavy atom. The van der Waals surface area contributed by atoms with Crippen LogP contribution in [0.2, 0.25) is 0 Å². The molecule has 102 valence electrons. The number of anilines is 2. The molecule has 0 spiro atoms. The van der Waals surface area contributed by atoms with Crippen molar-refractivity contribution in [2.24, 2.45) is 0 Å². The van der Waals surface area contributed by atoms with Gasteiger partial charge in [0.2, 0.25) is 5.91 Å². The molecule has 1 aliphatic rings. The molecular formula is C15H14BrN3O. The van der Waals surface area contributed by atoms with Gasteiger partial charge in [0.1, 0.15) is 5.82 Å². The predicted octanol–water partition coefficient (Wildman–Crippen LogP) is 2.99. The standard InChI is InChI=1S/C15H14BrN3O/c16-12-2-4-14(18-9-12)17-6-5-10-1-3-13-11(7-10)8-15(20)19-13/h1-4,7,9H,5-6,8H2,(H,17,18)(H,19,20). The van der Waals surface area contributed by atoms with Crippen LogP contribution in [0.25, 0.3) is 0 Å². The molecule has 3 rings (SSSR count). The third kappa shape index (κ3) is 2.99. The highest BCUT2D eigenvalue weighted by Gasteiger charge is 2.17. The highest BCUT2D eigenvalue weighted by Crippen LogP contribution is 2.24. The summed E-state index contributed by atoms with van der Waals surface area (Å²) in [5.74, 6) is 0.945. The molecule has 0 fully saturated rings. The molecule has 0 saturated carbocycles. The van der Waals surface area contributed by atoms with Gasteiger partial charge in [-0.15, -0.1) is 0 Å². The Bertz CT molecular complexity index is 640. The van der Waals surface area contributed by atoms with E-state index in [0.29, 0.717) is 6.42 Å². The van der Waals surface area contributed by atoms with E-state index in [2.05, 4.69) is 43.7 Å². The van der Waals surface area contributed by atoms with E-state index >= 15 is 0 Å². The van der Waals surface area contributed by atoms with Gasteiger partial charge in [0.05, 0.1) is 6.42 Å². The molecule has 2 heterocycles. The van der Waals surface area contributed by atoms with Crippen LogP contribution in [-0.4, -0.2) is 17.4 Å². The zero-order valence-electron chi connectivity index (χ0n) is 10.8. The normalized spacial score (nSPS) is 12.9. The molecule has 0 unspecified atom stereocenters. The van der Waals surface area contributed by atoms with Crippen LogP contribution in [0.5, 0.6) is 0 Å². The van der Waals surface area contributed by atoms with E-state index in [1.54, 1.807) is 6.20 Å². The smallest absolute Gasteiger partial charge is 0.228 e. The molecule has 0 bridgehead atoms. The Morgan fingerprint density at radius 3 is 3.00 bits per heavy atom. The second kappa shape index (κ2) is 5.63. The Kier molecular flexibility index (Phi) is 3.69. The van der Waals surface area contributed by atoms with Gasteiger partial charge in [-0.05, 0) is 51.7 Å². The molecule has 2 aromatic rings. The number of hydrogen-bond donors (Lipinski definition) is 2. The van der Waals surface area contributed by atoms with Crippen molar-refractivity contribution in [1.29, 1.82) is 0 Å².